The van der Waals surface area contributed by atoms with Crippen LogP contribution in [0.15, 0.2) is 23.1 Å². The molecule has 1 aromatic carbocycles. The predicted octanol–water partition coefficient (Wildman–Crippen LogP) is 2.20. The van der Waals surface area contributed by atoms with Crippen LogP contribution >= 0.6 is 11.6 Å². The second kappa shape index (κ2) is 4.72. The minimum atomic E-state index is -3.45. The van der Waals surface area contributed by atoms with Crippen molar-refractivity contribution in [3.05, 3.63) is 23.2 Å². The van der Waals surface area contributed by atoms with Crippen molar-refractivity contribution in [3.63, 3.8) is 0 Å². The first-order chi connectivity index (χ1) is 8.32. The van der Waals surface area contributed by atoms with Crippen molar-refractivity contribution in [2.75, 3.05) is 18.8 Å². The molecule has 1 saturated heterocycles. The Balaban J connectivity index is 2.34. The summed E-state index contributed by atoms with van der Waals surface area (Å²) in [6.45, 7) is 5.25. The summed E-state index contributed by atoms with van der Waals surface area (Å²) in [5, 5.41) is 0.274. The highest BCUT2D eigenvalue weighted by Gasteiger charge is 2.35. The van der Waals surface area contributed by atoms with Gasteiger partial charge in [-0.1, -0.05) is 25.4 Å². The van der Waals surface area contributed by atoms with E-state index in [-0.39, 0.29) is 9.92 Å². The van der Waals surface area contributed by atoms with Crippen LogP contribution in [0.25, 0.3) is 0 Å². The zero-order valence-electron chi connectivity index (χ0n) is 10.4. The first-order valence-electron chi connectivity index (χ1n) is 5.87. The minimum Gasteiger partial charge on any atom is -0.398 e. The van der Waals surface area contributed by atoms with Gasteiger partial charge in [0.15, 0.2) is 0 Å². The molecule has 2 rings (SSSR count). The van der Waals surface area contributed by atoms with Gasteiger partial charge in [0.2, 0.25) is 10.0 Å². The Morgan fingerprint density at radius 1 is 1.28 bits per heavy atom. The second-order valence-corrected chi connectivity index (χ2v) is 7.31. The number of rotatable bonds is 2. The molecule has 0 aromatic heterocycles. The number of nitrogens with two attached hydrogens (primary N) is 1. The van der Waals surface area contributed by atoms with E-state index in [1.165, 1.54) is 22.5 Å². The molecule has 4 nitrogen and oxygen atoms in total. The van der Waals surface area contributed by atoms with Crippen LogP contribution < -0.4 is 5.73 Å². The Bertz CT molecular complexity index is 549. The Morgan fingerprint density at radius 2 is 1.83 bits per heavy atom. The van der Waals surface area contributed by atoms with Gasteiger partial charge in [-0.15, -0.1) is 0 Å². The molecule has 0 saturated carbocycles. The number of nitrogen functional groups attached to an aromatic ring is 1. The van der Waals surface area contributed by atoms with Gasteiger partial charge in [0.25, 0.3) is 0 Å². The first kappa shape index (κ1) is 13.6. The lowest BCUT2D eigenvalue weighted by Gasteiger charge is -2.16. The fourth-order valence-electron chi connectivity index (χ4n) is 2.09. The van der Waals surface area contributed by atoms with Crippen LogP contribution in [-0.2, 0) is 10.0 Å². The van der Waals surface area contributed by atoms with Crippen molar-refractivity contribution in [2.45, 2.75) is 18.7 Å². The summed E-state index contributed by atoms with van der Waals surface area (Å²) in [6.07, 6.45) is 0. The number of nitrogens with zero attached hydrogens (tertiary/aromatic N) is 1. The average Bonchev–Trinajstić information content (AvgIpc) is 2.64. The monoisotopic (exact) mass is 288 g/mol. The van der Waals surface area contributed by atoms with E-state index in [0.717, 1.165) is 0 Å². The molecule has 1 heterocycles. The SMILES string of the molecule is CC1CN(S(=O)(=O)c2ccc(N)c(Cl)c2)CC1C. The van der Waals surface area contributed by atoms with E-state index in [1.807, 2.05) is 0 Å². The van der Waals surface area contributed by atoms with Crippen LogP contribution in [0.2, 0.25) is 5.02 Å². The van der Waals surface area contributed by atoms with Crippen molar-refractivity contribution in [3.8, 4) is 0 Å². The molecule has 0 spiro atoms. The molecule has 1 aromatic rings. The Kier molecular flexibility index (Phi) is 3.58. The molecule has 2 unspecified atom stereocenters. The number of hydrogen-bond acceptors (Lipinski definition) is 3. The number of hydrogen-bond donors (Lipinski definition) is 1. The molecule has 1 aliphatic heterocycles. The third-order valence-electron chi connectivity index (χ3n) is 3.56. The maximum absolute atomic E-state index is 12.4. The summed E-state index contributed by atoms with van der Waals surface area (Å²) in [5.41, 5.74) is 5.98. The lowest BCUT2D eigenvalue weighted by atomic mass is 10.0. The van der Waals surface area contributed by atoms with Gasteiger partial charge in [-0.2, -0.15) is 4.31 Å². The van der Waals surface area contributed by atoms with E-state index in [9.17, 15) is 8.42 Å². The summed E-state index contributed by atoms with van der Waals surface area (Å²) >= 11 is 5.88. The molecule has 6 heteroatoms. The van der Waals surface area contributed by atoms with Crippen molar-refractivity contribution in [2.24, 2.45) is 11.8 Å². The maximum atomic E-state index is 12.4. The zero-order chi connectivity index (χ0) is 13.5. The van der Waals surface area contributed by atoms with Crippen LogP contribution in [0.5, 0.6) is 0 Å². The molecule has 0 bridgehead atoms. The lowest BCUT2D eigenvalue weighted by Crippen LogP contribution is -2.29. The van der Waals surface area contributed by atoms with Crippen LogP contribution in [-0.4, -0.2) is 25.8 Å². The molecule has 1 aliphatic rings. The smallest absolute Gasteiger partial charge is 0.243 e. The fraction of sp³-hybridized carbons (Fsp3) is 0.500. The highest BCUT2D eigenvalue weighted by Crippen LogP contribution is 2.30. The van der Waals surface area contributed by atoms with Crippen molar-refractivity contribution >= 4 is 27.3 Å². The standard InChI is InChI=1S/C12H17ClN2O2S/c1-8-6-15(7-9(8)2)18(16,17)10-3-4-12(14)11(13)5-10/h3-5,8-9H,6-7,14H2,1-2H3. The van der Waals surface area contributed by atoms with E-state index in [4.69, 9.17) is 17.3 Å². The molecular formula is C12H17ClN2O2S. The first-order valence-corrected chi connectivity index (χ1v) is 7.69. The Labute approximate surface area is 113 Å². The maximum Gasteiger partial charge on any atom is 0.243 e. The van der Waals surface area contributed by atoms with Crippen molar-refractivity contribution in [1.82, 2.24) is 4.31 Å². The normalized spacial score (nSPS) is 25.5. The average molecular weight is 289 g/mol. The number of benzene rings is 1. The molecule has 100 valence electrons. The van der Waals surface area contributed by atoms with E-state index in [2.05, 4.69) is 13.8 Å². The van der Waals surface area contributed by atoms with Crippen LogP contribution in [0, 0.1) is 11.8 Å². The summed E-state index contributed by atoms with van der Waals surface area (Å²) in [6, 6.07) is 4.45. The van der Waals surface area contributed by atoms with Gasteiger partial charge in [-0.05, 0) is 30.0 Å². The summed E-state index contributed by atoms with van der Waals surface area (Å²) in [5.74, 6) is 0.757. The third-order valence-corrected chi connectivity index (χ3v) is 5.72. The van der Waals surface area contributed by atoms with Gasteiger partial charge in [-0.3, -0.25) is 0 Å². The van der Waals surface area contributed by atoms with Gasteiger partial charge in [0, 0.05) is 13.1 Å². The number of halogens is 1. The van der Waals surface area contributed by atoms with E-state index in [0.29, 0.717) is 30.6 Å². The molecule has 2 N–H and O–H groups in total. The predicted molar refractivity (Wildman–Crippen MR) is 73.0 cm³/mol. The Morgan fingerprint density at radius 3 is 2.33 bits per heavy atom. The van der Waals surface area contributed by atoms with Crippen LogP contribution in [0.1, 0.15) is 13.8 Å². The summed E-state index contributed by atoms with van der Waals surface area (Å²) in [7, 11) is -3.45. The lowest BCUT2D eigenvalue weighted by molar-refractivity contribution is 0.463. The highest BCUT2D eigenvalue weighted by atomic mass is 35.5. The Hall–Kier alpha value is -0.780. The number of sulfonamides is 1. The summed E-state index contributed by atoms with van der Waals surface area (Å²) < 4.78 is 26.3. The topological polar surface area (TPSA) is 63.4 Å². The molecule has 1 fully saturated rings. The van der Waals surface area contributed by atoms with Gasteiger partial charge in [0.05, 0.1) is 15.6 Å². The van der Waals surface area contributed by atoms with Crippen molar-refractivity contribution < 1.29 is 8.42 Å². The molecule has 2 atom stereocenters. The zero-order valence-corrected chi connectivity index (χ0v) is 12.0. The van der Waals surface area contributed by atoms with E-state index < -0.39 is 10.0 Å². The van der Waals surface area contributed by atoms with Gasteiger partial charge in [0.1, 0.15) is 0 Å². The third kappa shape index (κ3) is 2.35. The largest absolute Gasteiger partial charge is 0.398 e. The fourth-order valence-corrected chi connectivity index (χ4v) is 4.00. The molecule has 0 radical (unpaired) electrons. The number of anilines is 1. The van der Waals surface area contributed by atoms with Gasteiger partial charge >= 0.3 is 0 Å². The van der Waals surface area contributed by atoms with E-state index in [1.54, 1.807) is 0 Å². The second-order valence-electron chi connectivity index (χ2n) is 4.96. The van der Waals surface area contributed by atoms with Crippen LogP contribution in [0.3, 0.4) is 0 Å². The van der Waals surface area contributed by atoms with Crippen LogP contribution in [0.4, 0.5) is 5.69 Å². The van der Waals surface area contributed by atoms with Crippen molar-refractivity contribution in [1.29, 1.82) is 0 Å². The van der Waals surface area contributed by atoms with Gasteiger partial charge in [-0.25, -0.2) is 8.42 Å². The molecular weight excluding hydrogens is 272 g/mol. The minimum absolute atomic E-state index is 0.211. The molecule has 0 amide bonds. The highest BCUT2D eigenvalue weighted by molar-refractivity contribution is 7.89. The van der Waals surface area contributed by atoms with Gasteiger partial charge < -0.3 is 5.73 Å². The van der Waals surface area contributed by atoms with E-state index >= 15 is 0 Å². The molecule has 0 aliphatic carbocycles. The summed E-state index contributed by atoms with van der Waals surface area (Å²) in [4.78, 5) is 0.211. The quantitative estimate of drug-likeness (QED) is 0.849. The molecule has 18 heavy (non-hydrogen) atoms.